The normalized spacial score (nSPS) is 10.0. The largest absolute Gasteiger partial charge is 0.496 e. The van der Waals surface area contributed by atoms with Gasteiger partial charge in [-0.15, -0.1) is 0 Å². The summed E-state index contributed by atoms with van der Waals surface area (Å²) >= 11 is 0. The van der Waals surface area contributed by atoms with Crippen molar-refractivity contribution in [2.24, 2.45) is 0 Å². The topological polar surface area (TPSA) is 64.6 Å². The van der Waals surface area contributed by atoms with Crippen molar-refractivity contribution in [3.8, 4) is 5.75 Å². The van der Waals surface area contributed by atoms with Gasteiger partial charge in [-0.1, -0.05) is 42.5 Å². The van der Waals surface area contributed by atoms with Crippen LogP contribution >= 0.6 is 0 Å². The van der Waals surface area contributed by atoms with Gasteiger partial charge in [0.15, 0.2) is 6.61 Å². The van der Waals surface area contributed by atoms with Crippen LogP contribution in [0.4, 0.5) is 0 Å². The van der Waals surface area contributed by atoms with Crippen LogP contribution in [0, 0.1) is 0 Å². The first-order valence-electron chi connectivity index (χ1n) is 7.81. The van der Waals surface area contributed by atoms with Crippen LogP contribution < -0.4 is 10.1 Å². The number of aryl methyl sites for hydroxylation is 1. The van der Waals surface area contributed by atoms with E-state index in [2.05, 4.69) is 17.4 Å². The summed E-state index contributed by atoms with van der Waals surface area (Å²) in [5.41, 5.74) is 1.53. The molecule has 24 heavy (non-hydrogen) atoms. The lowest BCUT2D eigenvalue weighted by Crippen LogP contribution is -2.29. The molecule has 5 heteroatoms. The second-order valence-electron chi connectivity index (χ2n) is 5.22. The number of carbonyl (C=O) groups excluding carboxylic acids is 2. The molecule has 0 fully saturated rings. The van der Waals surface area contributed by atoms with E-state index in [0.29, 0.717) is 17.9 Å². The molecule has 2 rings (SSSR count). The number of amides is 1. The van der Waals surface area contributed by atoms with Crippen molar-refractivity contribution in [3.05, 3.63) is 65.7 Å². The van der Waals surface area contributed by atoms with Crippen LogP contribution in [0.15, 0.2) is 54.6 Å². The predicted molar refractivity (Wildman–Crippen MR) is 91.0 cm³/mol. The highest BCUT2D eigenvalue weighted by atomic mass is 16.5. The Bertz CT molecular complexity index is 670. The summed E-state index contributed by atoms with van der Waals surface area (Å²) in [5.74, 6) is -0.469. The molecule has 0 spiro atoms. The monoisotopic (exact) mass is 327 g/mol. The number of methoxy groups -OCH3 is 1. The second-order valence-corrected chi connectivity index (χ2v) is 5.22. The van der Waals surface area contributed by atoms with Crippen LogP contribution in [-0.2, 0) is 16.0 Å². The fourth-order valence-corrected chi connectivity index (χ4v) is 2.24. The summed E-state index contributed by atoms with van der Waals surface area (Å²) < 4.78 is 10.1. The smallest absolute Gasteiger partial charge is 0.342 e. The van der Waals surface area contributed by atoms with Gasteiger partial charge in [-0.3, -0.25) is 4.79 Å². The summed E-state index contributed by atoms with van der Waals surface area (Å²) in [6.45, 7) is 0.238. The molecule has 0 aromatic heterocycles. The number of hydrogen-bond acceptors (Lipinski definition) is 4. The molecule has 1 N–H and O–H groups in total. The van der Waals surface area contributed by atoms with Crippen LogP contribution in [0.1, 0.15) is 22.3 Å². The zero-order chi connectivity index (χ0) is 17.2. The fourth-order valence-electron chi connectivity index (χ4n) is 2.24. The number of nitrogens with one attached hydrogen (secondary N) is 1. The van der Waals surface area contributed by atoms with Gasteiger partial charge in [0.2, 0.25) is 0 Å². The summed E-state index contributed by atoms with van der Waals surface area (Å²) in [4.78, 5) is 23.7. The van der Waals surface area contributed by atoms with E-state index in [1.165, 1.54) is 12.7 Å². The van der Waals surface area contributed by atoms with Crippen molar-refractivity contribution in [2.45, 2.75) is 12.8 Å². The molecule has 1 amide bonds. The van der Waals surface area contributed by atoms with Crippen molar-refractivity contribution in [3.63, 3.8) is 0 Å². The molecular formula is C19H21NO4. The van der Waals surface area contributed by atoms with Crippen molar-refractivity contribution in [1.29, 1.82) is 0 Å². The highest BCUT2D eigenvalue weighted by Crippen LogP contribution is 2.17. The third-order valence-electron chi connectivity index (χ3n) is 3.47. The average molecular weight is 327 g/mol. The lowest BCUT2D eigenvalue weighted by atomic mass is 10.1. The molecular weight excluding hydrogens is 306 g/mol. The molecule has 2 aromatic carbocycles. The quantitative estimate of drug-likeness (QED) is 0.598. The van der Waals surface area contributed by atoms with E-state index in [1.54, 1.807) is 24.3 Å². The van der Waals surface area contributed by atoms with Crippen LogP contribution in [-0.4, -0.2) is 32.1 Å². The summed E-state index contributed by atoms with van der Waals surface area (Å²) in [5, 5.41) is 2.74. The maximum Gasteiger partial charge on any atom is 0.342 e. The number of esters is 1. The molecule has 0 bridgehead atoms. The molecule has 0 saturated heterocycles. The fraction of sp³-hybridized carbons (Fsp3) is 0.263. The minimum Gasteiger partial charge on any atom is -0.496 e. The Kier molecular flexibility index (Phi) is 6.83. The van der Waals surface area contributed by atoms with Gasteiger partial charge in [0, 0.05) is 6.54 Å². The number of hydrogen-bond donors (Lipinski definition) is 1. The van der Waals surface area contributed by atoms with E-state index in [1.807, 2.05) is 18.2 Å². The maximum absolute atomic E-state index is 12.0. The van der Waals surface area contributed by atoms with Crippen LogP contribution in [0.2, 0.25) is 0 Å². The van der Waals surface area contributed by atoms with Gasteiger partial charge in [0.25, 0.3) is 5.91 Å². The molecule has 0 atom stereocenters. The zero-order valence-corrected chi connectivity index (χ0v) is 13.7. The summed E-state index contributed by atoms with van der Waals surface area (Å²) in [6.07, 6.45) is 1.72. The van der Waals surface area contributed by atoms with E-state index in [-0.39, 0.29) is 12.5 Å². The first-order valence-corrected chi connectivity index (χ1v) is 7.81. The molecule has 0 aliphatic heterocycles. The third kappa shape index (κ3) is 5.43. The van der Waals surface area contributed by atoms with Crippen molar-refractivity contribution < 1.29 is 19.1 Å². The molecule has 2 aromatic rings. The first-order chi connectivity index (χ1) is 11.7. The number of benzene rings is 2. The average Bonchev–Trinajstić information content (AvgIpc) is 2.64. The van der Waals surface area contributed by atoms with Gasteiger partial charge >= 0.3 is 5.97 Å². The van der Waals surface area contributed by atoms with Crippen molar-refractivity contribution in [2.75, 3.05) is 20.3 Å². The Balaban J connectivity index is 1.68. The highest BCUT2D eigenvalue weighted by Gasteiger charge is 2.14. The number of ether oxygens (including phenoxy) is 2. The standard InChI is InChI=1S/C19H21NO4/c1-23-17-12-6-5-11-16(17)19(22)24-14-18(21)20-13-7-10-15-8-3-2-4-9-15/h2-6,8-9,11-12H,7,10,13-14H2,1H3,(H,20,21). The maximum atomic E-state index is 12.0. The van der Waals surface area contributed by atoms with Crippen molar-refractivity contribution >= 4 is 11.9 Å². The summed E-state index contributed by atoms with van der Waals surface area (Å²) in [6, 6.07) is 16.8. The highest BCUT2D eigenvalue weighted by molar-refractivity contribution is 5.93. The lowest BCUT2D eigenvalue weighted by Gasteiger charge is -2.09. The molecule has 126 valence electrons. The number of carbonyl (C=O) groups is 2. The molecule has 0 saturated carbocycles. The van der Waals surface area contributed by atoms with Crippen LogP contribution in [0.25, 0.3) is 0 Å². The summed E-state index contributed by atoms with van der Waals surface area (Å²) in [7, 11) is 1.48. The van der Waals surface area contributed by atoms with Gasteiger partial charge in [0.05, 0.1) is 7.11 Å². The molecule has 0 radical (unpaired) electrons. The number of para-hydroxylation sites is 1. The van der Waals surface area contributed by atoms with E-state index >= 15 is 0 Å². The minimum atomic E-state index is -0.577. The SMILES string of the molecule is COc1ccccc1C(=O)OCC(=O)NCCCc1ccccc1. The molecule has 0 aliphatic rings. The molecule has 5 nitrogen and oxygen atoms in total. The van der Waals surface area contributed by atoms with E-state index in [4.69, 9.17) is 9.47 Å². The van der Waals surface area contributed by atoms with E-state index < -0.39 is 5.97 Å². The minimum absolute atomic E-state index is 0.303. The Morgan fingerprint density at radius 1 is 1.00 bits per heavy atom. The molecule has 0 unspecified atom stereocenters. The first kappa shape index (κ1) is 17.5. The van der Waals surface area contributed by atoms with E-state index in [0.717, 1.165) is 12.8 Å². The number of rotatable bonds is 8. The zero-order valence-electron chi connectivity index (χ0n) is 13.7. The van der Waals surface area contributed by atoms with Gasteiger partial charge in [-0.05, 0) is 30.5 Å². The van der Waals surface area contributed by atoms with Crippen molar-refractivity contribution in [1.82, 2.24) is 5.32 Å². The Labute approximate surface area is 141 Å². The van der Waals surface area contributed by atoms with Crippen LogP contribution in [0.5, 0.6) is 5.75 Å². The van der Waals surface area contributed by atoms with Gasteiger partial charge in [-0.2, -0.15) is 0 Å². The van der Waals surface area contributed by atoms with Gasteiger partial charge in [-0.25, -0.2) is 4.79 Å². The molecule has 0 aliphatic carbocycles. The molecule has 0 heterocycles. The Morgan fingerprint density at radius 3 is 2.46 bits per heavy atom. The Morgan fingerprint density at radius 2 is 1.71 bits per heavy atom. The second kappa shape index (κ2) is 9.35. The van der Waals surface area contributed by atoms with Gasteiger partial charge in [0.1, 0.15) is 11.3 Å². The lowest BCUT2D eigenvalue weighted by molar-refractivity contribution is -0.124. The van der Waals surface area contributed by atoms with E-state index in [9.17, 15) is 9.59 Å². The Hall–Kier alpha value is -2.82. The van der Waals surface area contributed by atoms with Crippen LogP contribution in [0.3, 0.4) is 0 Å². The third-order valence-corrected chi connectivity index (χ3v) is 3.47. The van der Waals surface area contributed by atoms with Gasteiger partial charge < -0.3 is 14.8 Å². The predicted octanol–water partition coefficient (Wildman–Crippen LogP) is 2.60.